The zero-order valence-electron chi connectivity index (χ0n) is 22.4. The molecule has 2 aromatic heterocycles. The molecular weight excluding hydrogens is 580 g/mol. The average molecular weight is 604 g/mol. The standard InChI is InChI=1S/C29H23F6N5O3/c1-13-16(22-18(30)4-5-19(31)23(22)32)8-20(26(42)40(13)12-29(33,34)35)38-25(41)15-7-14-9-28(10-21(14)37-11-15)17-3-2-6-36-24(17)39-27(28)43/h2-7,11,13,16,20H,8-10,12H2,1H3,(H,38,41)(H,36,39,43)/t13-,16-,20-,28+/m1/s1. The molecular formula is C29H23F6N5O3. The number of hydrogen-bond acceptors (Lipinski definition) is 5. The van der Waals surface area contributed by atoms with E-state index in [0.717, 1.165) is 0 Å². The highest BCUT2D eigenvalue weighted by Crippen LogP contribution is 2.46. The van der Waals surface area contributed by atoms with E-state index in [2.05, 4.69) is 20.6 Å². The number of benzene rings is 1. The fourth-order valence-electron chi connectivity index (χ4n) is 6.43. The molecule has 1 spiro atoms. The van der Waals surface area contributed by atoms with E-state index in [-0.39, 0.29) is 24.3 Å². The van der Waals surface area contributed by atoms with Crippen molar-refractivity contribution in [3.8, 4) is 0 Å². The number of nitrogens with zero attached hydrogens (tertiary/aromatic N) is 3. The van der Waals surface area contributed by atoms with E-state index in [1.165, 1.54) is 19.2 Å². The first kappa shape index (κ1) is 28.6. The molecule has 1 aromatic carbocycles. The molecule has 3 aliphatic rings. The molecule has 3 amide bonds. The molecule has 2 aliphatic heterocycles. The lowest BCUT2D eigenvalue weighted by atomic mass is 9.80. The van der Waals surface area contributed by atoms with Crippen molar-refractivity contribution in [2.75, 3.05) is 11.9 Å². The van der Waals surface area contributed by atoms with Crippen molar-refractivity contribution in [2.24, 2.45) is 0 Å². The predicted octanol–water partition coefficient (Wildman–Crippen LogP) is 3.95. The number of aromatic nitrogens is 2. The van der Waals surface area contributed by atoms with Crippen LogP contribution in [0.5, 0.6) is 0 Å². The molecule has 1 fully saturated rings. The predicted molar refractivity (Wildman–Crippen MR) is 138 cm³/mol. The summed E-state index contributed by atoms with van der Waals surface area (Å²) in [4.78, 5) is 48.4. The first-order valence-corrected chi connectivity index (χ1v) is 13.4. The molecule has 1 aliphatic carbocycles. The van der Waals surface area contributed by atoms with Gasteiger partial charge in [0.25, 0.3) is 5.91 Å². The number of piperidine rings is 1. The van der Waals surface area contributed by atoms with Crippen molar-refractivity contribution < 1.29 is 40.7 Å². The van der Waals surface area contributed by atoms with Gasteiger partial charge in [-0.05, 0) is 49.6 Å². The summed E-state index contributed by atoms with van der Waals surface area (Å²) in [6, 6.07) is 3.19. The Morgan fingerprint density at radius 1 is 1.12 bits per heavy atom. The molecule has 0 radical (unpaired) electrons. The van der Waals surface area contributed by atoms with Crippen LogP contribution in [0.1, 0.15) is 52.0 Å². The number of likely N-dealkylation sites (tertiary alicyclic amines) is 1. The Morgan fingerprint density at radius 3 is 2.60 bits per heavy atom. The van der Waals surface area contributed by atoms with Gasteiger partial charge in [0.1, 0.15) is 24.2 Å². The van der Waals surface area contributed by atoms with Gasteiger partial charge < -0.3 is 15.5 Å². The Balaban J connectivity index is 1.28. The molecule has 0 saturated carbocycles. The summed E-state index contributed by atoms with van der Waals surface area (Å²) in [6.45, 7) is -0.557. The number of alkyl halides is 3. The van der Waals surface area contributed by atoms with Crippen molar-refractivity contribution >= 4 is 23.5 Å². The van der Waals surface area contributed by atoms with Gasteiger partial charge in [-0.2, -0.15) is 13.2 Å². The zero-order valence-corrected chi connectivity index (χ0v) is 22.4. The number of anilines is 1. The van der Waals surface area contributed by atoms with Crippen LogP contribution in [0.25, 0.3) is 0 Å². The molecule has 3 aromatic rings. The number of rotatable bonds is 4. The lowest BCUT2D eigenvalue weighted by molar-refractivity contribution is -0.170. The van der Waals surface area contributed by atoms with Gasteiger partial charge in [0.15, 0.2) is 11.6 Å². The first-order valence-electron chi connectivity index (χ1n) is 13.4. The Kier molecular flexibility index (Phi) is 6.69. The minimum Gasteiger partial charge on any atom is -0.340 e. The number of pyridine rings is 2. The number of amides is 3. The first-order chi connectivity index (χ1) is 20.3. The number of halogens is 6. The maximum absolute atomic E-state index is 14.7. The third kappa shape index (κ3) is 4.78. The van der Waals surface area contributed by atoms with Crippen LogP contribution in [0.15, 0.2) is 42.7 Å². The fraction of sp³-hybridized carbons (Fsp3) is 0.345. The highest BCUT2D eigenvalue weighted by atomic mass is 19.4. The molecule has 6 rings (SSSR count). The lowest BCUT2D eigenvalue weighted by Gasteiger charge is -2.43. The van der Waals surface area contributed by atoms with E-state index in [1.54, 1.807) is 18.3 Å². The van der Waals surface area contributed by atoms with Crippen LogP contribution in [-0.2, 0) is 27.8 Å². The van der Waals surface area contributed by atoms with Crippen LogP contribution in [-0.4, -0.2) is 57.4 Å². The van der Waals surface area contributed by atoms with Crippen molar-refractivity contribution in [1.29, 1.82) is 0 Å². The molecule has 8 nitrogen and oxygen atoms in total. The van der Waals surface area contributed by atoms with Crippen LogP contribution in [0.4, 0.5) is 32.2 Å². The average Bonchev–Trinajstić information content (AvgIpc) is 3.47. The summed E-state index contributed by atoms with van der Waals surface area (Å²) in [5.41, 5.74) is 0.0460. The summed E-state index contributed by atoms with van der Waals surface area (Å²) in [5.74, 6) is -7.38. The van der Waals surface area contributed by atoms with Crippen LogP contribution in [0.3, 0.4) is 0 Å². The van der Waals surface area contributed by atoms with Gasteiger partial charge in [-0.25, -0.2) is 18.2 Å². The van der Waals surface area contributed by atoms with Gasteiger partial charge in [0.05, 0.1) is 11.0 Å². The second kappa shape index (κ2) is 10.1. The fourth-order valence-corrected chi connectivity index (χ4v) is 6.43. The second-order valence-corrected chi connectivity index (χ2v) is 11.1. The van der Waals surface area contributed by atoms with E-state index in [4.69, 9.17) is 0 Å². The maximum atomic E-state index is 14.7. The van der Waals surface area contributed by atoms with Gasteiger partial charge in [0.2, 0.25) is 11.8 Å². The maximum Gasteiger partial charge on any atom is 0.406 e. The molecule has 4 atom stereocenters. The molecule has 1 saturated heterocycles. The monoisotopic (exact) mass is 603 g/mol. The van der Waals surface area contributed by atoms with Crippen LogP contribution in [0, 0.1) is 17.5 Å². The van der Waals surface area contributed by atoms with E-state index in [9.17, 15) is 40.7 Å². The molecule has 14 heteroatoms. The van der Waals surface area contributed by atoms with Gasteiger partial charge in [-0.1, -0.05) is 6.07 Å². The SMILES string of the molecule is C[C@@H]1[C@H](c2c(F)ccc(F)c2F)C[C@@H](NC(=O)c2cnc3c(c2)C[C@@]2(C3)C(=O)Nc3ncccc32)C(=O)N1CC(F)(F)F. The zero-order chi connectivity index (χ0) is 30.8. The molecule has 43 heavy (non-hydrogen) atoms. The minimum absolute atomic E-state index is 0.0333. The number of hydrogen-bond donors (Lipinski definition) is 2. The Morgan fingerprint density at radius 2 is 1.86 bits per heavy atom. The minimum atomic E-state index is -4.86. The van der Waals surface area contributed by atoms with E-state index in [0.29, 0.717) is 39.7 Å². The third-order valence-electron chi connectivity index (χ3n) is 8.52. The van der Waals surface area contributed by atoms with E-state index >= 15 is 0 Å². The topological polar surface area (TPSA) is 104 Å². The Hall–Kier alpha value is -4.49. The van der Waals surface area contributed by atoms with Crippen LogP contribution in [0.2, 0.25) is 0 Å². The van der Waals surface area contributed by atoms with Crippen LogP contribution < -0.4 is 10.6 Å². The number of nitrogens with one attached hydrogen (secondary N) is 2. The third-order valence-corrected chi connectivity index (χ3v) is 8.52. The quantitative estimate of drug-likeness (QED) is 0.348. The summed E-state index contributed by atoms with van der Waals surface area (Å²) < 4.78 is 83.8. The molecule has 4 heterocycles. The highest BCUT2D eigenvalue weighted by molar-refractivity contribution is 6.06. The highest BCUT2D eigenvalue weighted by Gasteiger charge is 2.52. The normalized spacial score (nSPS) is 24.6. The number of carbonyl (C=O) groups excluding carboxylic acids is 3. The Bertz CT molecular complexity index is 1680. The molecule has 0 bridgehead atoms. The lowest BCUT2D eigenvalue weighted by Crippen LogP contribution is -2.60. The van der Waals surface area contributed by atoms with Crippen molar-refractivity contribution in [1.82, 2.24) is 20.2 Å². The second-order valence-electron chi connectivity index (χ2n) is 11.1. The largest absolute Gasteiger partial charge is 0.406 e. The van der Waals surface area contributed by atoms with Gasteiger partial charge >= 0.3 is 6.18 Å². The van der Waals surface area contributed by atoms with E-state index < -0.39 is 77.4 Å². The van der Waals surface area contributed by atoms with Gasteiger partial charge in [0, 0.05) is 47.6 Å². The molecule has 224 valence electrons. The van der Waals surface area contributed by atoms with Crippen LogP contribution >= 0.6 is 0 Å². The van der Waals surface area contributed by atoms with Crippen molar-refractivity contribution in [2.45, 2.75) is 55.8 Å². The number of carbonyl (C=O) groups is 3. The van der Waals surface area contributed by atoms with Crippen molar-refractivity contribution in [3.05, 3.63) is 88.1 Å². The molecule has 0 unspecified atom stereocenters. The summed E-state index contributed by atoms with van der Waals surface area (Å²) in [7, 11) is 0. The molecule has 2 N–H and O–H groups in total. The van der Waals surface area contributed by atoms with Crippen molar-refractivity contribution in [3.63, 3.8) is 0 Å². The number of fused-ring (bicyclic) bond motifs is 3. The van der Waals surface area contributed by atoms with Gasteiger partial charge in [-0.15, -0.1) is 0 Å². The smallest absolute Gasteiger partial charge is 0.340 e. The van der Waals surface area contributed by atoms with Gasteiger partial charge in [-0.3, -0.25) is 19.4 Å². The summed E-state index contributed by atoms with van der Waals surface area (Å²) in [5, 5.41) is 5.14. The summed E-state index contributed by atoms with van der Waals surface area (Å²) in [6.07, 6.45) is -2.11. The summed E-state index contributed by atoms with van der Waals surface area (Å²) >= 11 is 0. The Labute approximate surface area is 240 Å². The van der Waals surface area contributed by atoms with E-state index in [1.807, 2.05) is 0 Å².